The average molecular weight is 494 g/mol. The number of hydrogen-bond acceptors (Lipinski definition) is 3. The smallest absolute Gasteiger partial charge is 0.407 e. The molecule has 0 radical (unpaired) electrons. The van der Waals surface area contributed by atoms with E-state index in [4.69, 9.17) is 4.74 Å². The standard InChI is InChI=1S/C20H38N4O2.HI/c1-19(2,3)26-18(25)24-16-10-8-15(9-11-16)23-17(21-5)22-14-20(4)12-6-7-13-20;/h15-16H,6-14H2,1-5H3,(H,24,25)(H2,21,22,23);1H. The monoisotopic (exact) mass is 494 g/mol. The second-order valence-electron chi connectivity index (χ2n) is 9.28. The van der Waals surface area contributed by atoms with Gasteiger partial charge in [0.1, 0.15) is 5.60 Å². The summed E-state index contributed by atoms with van der Waals surface area (Å²) < 4.78 is 5.34. The molecular formula is C20H39IN4O2. The molecule has 0 heterocycles. The minimum Gasteiger partial charge on any atom is -0.444 e. The zero-order chi connectivity index (χ0) is 19.2. The van der Waals surface area contributed by atoms with Crippen LogP contribution in [0.15, 0.2) is 4.99 Å². The topological polar surface area (TPSA) is 74.8 Å². The molecule has 6 nitrogen and oxygen atoms in total. The van der Waals surface area contributed by atoms with E-state index in [-0.39, 0.29) is 36.1 Å². The van der Waals surface area contributed by atoms with Gasteiger partial charge in [0.25, 0.3) is 0 Å². The van der Waals surface area contributed by atoms with Crippen molar-refractivity contribution in [2.75, 3.05) is 13.6 Å². The highest BCUT2D eigenvalue weighted by Gasteiger charge is 2.29. The maximum Gasteiger partial charge on any atom is 0.407 e. The van der Waals surface area contributed by atoms with Crippen LogP contribution < -0.4 is 16.0 Å². The van der Waals surface area contributed by atoms with Crippen LogP contribution in [0.5, 0.6) is 0 Å². The third-order valence-electron chi connectivity index (χ3n) is 5.51. The Morgan fingerprint density at radius 2 is 1.59 bits per heavy atom. The number of alkyl carbamates (subject to hydrolysis) is 1. The van der Waals surface area contributed by atoms with Crippen LogP contribution >= 0.6 is 24.0 Å². The fourth-order valence-electron chi connectivity index (χ4n) is 3.95. The largest absolute Gasteiger partial charge is 0.444 e. The Labute approximate surface area is 182 Å². The highest BCUT2D eigenvalue weighted by molar-refractivity contribution is 14.0. The number of carbonyl (C=O) groups is 1. The van der Waals surface area contributed by atoms with Crippen molar-refractivity contribution in [3.05, 3.63) is 0 Å². The molecule has 0 saturated heterocycles. The number of amides is 1. The zero-order valence-corrected chi connectivity index (χ0v) is 20.0. The zero-order valence-electron chi connectivity index (χ0n) is 17.7. The summed E-state index contributed by atoms with van der Waals surface area (Å²) in [6, 6.07) is 0.615. The molecule has 0 aromatic heterocycles. The number of rotatable bonds is 4. The number of carbonyl (C=O) groups excluding carboxylic acids is 1. The second kappa shape index (κ2) is 10.7. The molecule has 27 heavy (non-hydrogen) atoms. The predicted molar refractivity (Wildman–Crippen MR) is 122 cm³/mol. The van der Waals surface area contributed by atoms with Gasteiger partial charge in [-0.05, 0) is 64.7 Å². The van der Waals surface area contributed by atoms with Gasteiger partial charge < -0.3 is 20.7 Å². The van der Waals surface area contributed by atoms with Crippen LogP contribution in [0.4, 0.5) is 4.79 Å². The van der Waals surface area contributed by atoms with E-state index >= 15 is 0 Å². The molecule has 2 fully saturated rings. The molecule has 0 atom stereocenters. The SMILES string of the molecule is CN=C(NCC1(C)CCCC1)NC1CCC(NC(=O)OC(C)(C)C)CC1.I. The Bertz CT molecular complexity index is 491. The van der Waals surface area contributed by atoms with E-state index in [1.54, 1.807) is 0 Å². The van der Waals surface area contributed by atoms with E-state index in [9.17, 15) is 4.79 Å². The van der Waals surface area contributed by atoms with Crippen molar-refractivity contribution < 1.29 is 9.53 Å². The Hall–Kier alpha value is -0.730. The first-order chi connectivity index (χ1) is 12.2. The molecule has 0 unspecified atom stereocenters. The third kappa shape index (κ3) is 8.87. The van der Waals surface area contributed by atoms with Crippen LogP contribution in [0.25, 0.3) is 0 Å². The van der Waals surface area contributed by atoms with Crippen LogP contribution in [0.3, 0.4) is 0 Å². The van der Waals surface area contributed by atoms with Gasteiger partial charge in [-0.15, -0.1) is 24.0 Å². The molecule has 1 amide bonds. The molecule has 0 aromatic rings. The number of aliphatic imine (C=N–C) groups is 1. The van der Waals surface area contributed by atoms with Crippen LogP contribution in [0.1, 0.15) is 79.1 Å². The predicted octanol–water partition coefficient (Wildman–Crippen LogP) is 4.19. The summed E-state index contributed by atoms with van der Waals surface area (Å²) in [7, 11) is 1.84. The van der Waals surface area contributed by atoms with Crippen LogP contribution in [0.2, 0.25) is 0 Å². The number of guanidine groups is 1. The molecule has 0 aromatic carbocycles. The van der Waals surface area contributed by atoms with Crippen molar-refractivity contribution >= 4 is 36.0 Å². The lowest BCUT2D eigenvalue weighted by Gasteiger charge is -2.32. The van der Waals surface area contributed by atoms with Crippen molar-refractivity contribution in [3.8, 4) is 0 Å². The van der Waals surface area contributed by atoms with Gasteiger partial charge in [-0.25, -0.2) is 4.79 Å². The van der Waals surface area contributed by atoms with Crippen molar-refractivity contribution in [1.82, 2.24) is 16.0 Å². The summed E-state index contributed by atoms with van der Waals surface area (Å²) >= 11 is 0. The van der Waals surface area contributed by atoms with Crippen LogP contribution in [-0.4, -0.2) is 43.3 Å². The maximum atomic E-state index is 11.9. The van der Waals surface area contributed by atoms with E-state index in [1.807, 2.05) is 27.8 Å². The Morgan fingerprint density at radius 1 is 1.07 bits per heavy atom. The quantitative estimate of drug-likeness (QED) is 0.311. The number of nitrogens with zero attached hydrogens (tertiary/aromatic N) is 1. The normalized spacial score (nSPS) is 25.3. The number of halogens is 1. The summed E-state index contributed by atoms with van der Waals surface area (Å²) in [4.78, 5) is 16.3. The Kier molecular flexibility index (Phi) is 9.65. The number of nitrogens with one attached hydrogen (secondary N) is 3. The van der Waals surface area contributed by atoms with Gasteiger partial charge in [0, 0.05) is 25.7 Å². The average Bonchev–Trinajstić information content (AvgIpc) is 2.98. The second-order valence-corrected chi connectivity index (χ2v) is 9.28. The fraction of sp³-hybridized carbons (Fsp3) is 0.900. The molecule has 158 valence electrons. The Morgan fingerprint density at radius 3 is 2.07 bits per heavy atom. The molecule has 0 spiro atoms. The van der Waals surface area contributed by atoms with Crippen LogP contribution in [-0.2, 0) is 4.74 Å². The first-order valence-electron chi connectivity index (χ1n) is 10.2. The van der Waals surface area contributed by atoms with E-state index in [0.29, 0.717) is 11.5 Å². The number of ether oxygens (including phenoxy) is 1. The van der Waals surface area contributed by atoms with Gasteiger partial charge in [0.2, 0.25) is 0 Å². The third-order valence-corrected chi connectivity index (χ3v) is 5.51. The van der Waals surface area contributed by atoms with Gasteiger partial charge in [0.05, 0.1) is 0 Å². The lowest BCUT2D eigenvalue weighted by molar-refractivity contribution is 0.0490. The van der Waals surface area contributed by atoms with E-state index in [0.717, 1.165) is 38.2 Å². The van der Waals surface area contributed by atoms with E-state index in [1.165, 1.54) is 25.7 Å². The highest BCUT2D eigenvalue weighted by atomic mass is 127. The molecule has 7 heteroatoms. The molecule has 2 aliphatic carbocycles. The van der Waals surface area contributed by atoms with E-state index < -0.39 is 5.60 Å². The minimum absolute atomic E-state index is 0. The lowest BCUT2D eigenvalue weighted by atomic mass is 9.89. The molecule has 0 aliphatic heterocycles. The lowest BCUT2D eigenvalue weighted by Crippen LogP contribution is -2.49. The van der Waals surface area contributed by atoms with E-state index in [2.05, 4.69) is 27.9 Å². The van der Waals surface area contributed by atoms with Gasteiger partial charge in [-0.2, -0.15) is 0 Å². The maximum absolute atomic E-state index is 11.9. The fourth-order valence-corrected chi connectivity index (χ4v) is 3.95. The molecule has 2 rings (SSSR count). The minimum atomic E-state index is -0.447. The Balaban J connectivity index is 0.00000364. The molecule has 2 saturated carbocycles. The van der Waals surface area contributed by atoms with Gasteiger partial charge in [-0.1, -0.05) is 19.8 Å². The van der Waals surface area contributed by atoms with Gasteiger partial charge in [-0.3, -0.25) is 4.99 Å². The summed E-state index contributed by atoms with van der Waals surface area (Å²) in [5, 5.41) is 10.1. The van der Waals surface area contributed by atoms with Gasteiger partial charge >= 0.3 is 6.09 Å². The highest BCUT2D eigenvalue weighted by Crippen LogP contribution is 2.36. The van der Waals surface area contributed by atoms with Crippen molar-refractivity contribution in [2.45, 2.75) is 96.7 Å². The van der Waals surface area contributed by atoms with Gasteiger partial charge in [0.15, 0.2) is 5.96 Å². The first-order valence-corrected chi connectivity index (χ1v) is 10.2. The van der Waals surface area contributed by atoms with Crippen molar-refractivity contribution in [3.63, 3.8) is 0 Å². The molecule has 2 aliphatic rings. The molecule has 3 N–H and O–H groups in total. The summed E-state index contributed by atoms with van der Waals surface area (Å²) in [6.07, 6.45) is 8.97. The van der Waals surface area contributed by atoms with Crippen molar-refractivity contribution in [1.29, 1.82) is 0 Å². The molecule has 0 bridgehead atoms. The van der Waals surface area contributed by atoms with Crippen LogP contribution in [0, 0.1) is 5.41 Å². The summed E-state index contributed by atoms with van der Waals surface area (Å²) in [5.41, 5.74) is -0.0381. The summed E-state index contributed by atoms with van der Waals surface area (Å²) in [6.45, 7) is 9.02. The summed E-state index contributed by atoms with van der Waals surface area (Å²) in [5.74, 6) is 0.904. The molecular weight excluding hydrogens is 455 g/mol. The first kappa shape index (κ1) is 24.3. The number of hydrogen-bond donors (Lipinski definition) is 3. The van der Waals surface area contributed by atoms with Crippen molar-refractivity contribution in [2.24, 2.45) is 10.4 Å².